The topological polar surface area (TPSA) is 88.9 Å². The molecule has 1 amide bonds. The summed E-state index contributed by atoms with van der Waals surface area (Å²) in [7, 11) is 1.89. The van der Waals surface area contributed by atoms with Gasteiger partial charge in [-0.25, -0.2) is 0 Å². The van der Waals surface area contributed by atoms with Crippen molar-refractivity contribution in [3.8, 4) is 11.1 Å². The number of ether oxygens (including phenoxy) is 1. The molecule has 4 aromatic rings. The maximum atomic E-state index is 13.2. The highest BCUT2D eigenvalue weighted by molar-refractivity contribution is 6.04. The maximum absolute atomic E-state index is 13.2. The minimum Gasteiger partial charge on any atom is -0.368 e. The second-order valence-corrected chi connectivity index (χ2v) is 7.61. The van der Waals surface area contributed by atoms with Crippen LogP contribution in [0, 0.1) is 6.92 Å². The molecule has 0 unspecified atom stereocenters. The normalized spacial score (nSPS) is 16.9. The lowest BCUT2D eigenvalue weighted by Crippen LogP contribution is -2.42. The van der Waals surface area contributed by atoms with Crippen molar-refractivity contribution in [2.24, 2.45) is 7.05 Å². The van der Waals surface area contributed by atoms with E-state index in [4.69, 9.17) is 4.74 Å². The van der Waals surface area contributed by atoms with E-state index in [2.05, 4.69) is 20.3 Å². The Morgan fingerprint density at radius 3 is 2.87 bits per heavy atom. The van der Waals surface area contributed by atoms with Crippen molar-refractivity contribution in [2.45, 2.75) is 13.0 Å². The maximum Gasteiger partial charge on any atom is 0.275 e. The number of pyridine rings is 1. The molecule has 152 valence electrons. The second-order valence-electron chi connectivity index (χ2n) is 7.61. The number of fused-ring (bicyclic) bond motifs is 1. The molecular formula is C22H22N6O2. The molecule has 30 heavy (non-hydrogen) atoms. The summed E-state index contributed by atoms with van der Waals surface area (Å²) in [5.41, 5.74) is 5.22. The van der Waals surface area contributed by atoms with Gasteiger partial charge in [0.05, 0.1) is 30.6 Å². The van der Waals surface area contributed by atoms with Gasteiger partial charge in [-0.15, -0.1) is 0 Å². The third-order valence-electron chi connectivity index (χ3n) is 5.43. The van der Waals surface area contributed by atoms with Gasteiger partial charge in [-0.3, -0.25) is 19.6 Å². The second kappa shape index (κ2) is 7.38. The summed E-state index contributed by atoms with van der Waals surface area (Å²) in [6, 6.07) is 9.90. The Hall–Kier alpha value is -3.52. The number of aromatic nitrogens is 5. The Morgan fingerprint density at radius 2 is 2.10 bits per heavy atom. The first-order chi connectivity index (χ1) is 14.6. The van der Waals surface area contributed by atoms with E-state index in [-0.39, 0.29) is 12.0 Å². The van der Waals surface area contributed by atoms with Crippen LogP contribution in [0.1, 0.15) is 27.8 Å². The van der Waals surface area contributed by atoms with Crippen molar-refractivity contribution >= 4 is 16.8 Å². The molecule has 8 heteroatoms. The van der Waals surface area contributed by atoms with Crippen LogP contribution in [0.25, 0.3) is 22.0 Å². The summed E-state index contributed by atoms with van der Waals surface area (Å²) in [5.74, 6) is -0.0906. The monoisotopic (exact) mass is 402 g/mol. The molecule has 3 aromatic heterocycles. The summed E-state index contributed by atoms with van der Waals surface area (Å²) in [6.45, 7) is 3.44. The first-order valence-corrected chi connectivity index (χ1v) is 9.89. The van der Waals surface area contributed by atoms with Crippen molar-refractivity contribution in [2.75, 3.05) is 19.7 Å². The van der Waals surface area contributed by atoms with Gasteiger partial charge in [0.15, 0.2) is 5.69 Å². The lowest BCUT2D eigenvalue weighted by atomic mass is 10.1. The molecule has 0 spiro atoms. The van der Waals surface area contributed by atoms with Crippen molar-refractivity contribution < 1.29 is 9.53 Å². The largest absolute Gasteiger partial charge is 0.368 e. The quantitative estimate of drug-likeness (QED) is 0.569. The van der Waals surface area contributed by atoms with E-state index in [9.17, 15) is 4.79 Å². The Balaban J connectivity index is 1.35. The van der Waals surface area contributed by atoms with E-state index >= 15 is 0 Å². The first-order valence-electron chi connectivity index (χ1n) is 9.89. The van der Waals surface area contributed by atoms with Crippen molar-refractivity contribution in [1.82, 2.24) is 29.9 Å². The van der Waals surface area contributed by atoms with Crippen LogP contribution in [-0.2, 0) is 11.8 Å². The number of carbonyl (C=O) groups excluding carboxylic acids is 1. The fraction of sp³-hybridized carbons (Fsp3) is 0.273. The molecule has 1 fully saturated rings. The standard InChI is InChI=1S/C22H22N6O2/c1-14-3-5-18-17(9-14)21(26-25-18)22(29)28-7-8-30-20(13-28)19-6-4-15(10-23-19)16-11-24-27(2)12-16/h3-6,9-12,20H,7-8,13H2,1-2H3,(H,25,26)/t20-/m1/s1. The van der Waals surface area contributed by atoms with E-state index in [0.29, 0.717) is 25.4 Å². The number of amides is 1. The molecule has 0 aliphatic carbocycles. The Bertz CT molecular complexity index is 1210. The number of hydrogen-bond donors (Lipinski definition) is 1. The highest BCUT2D eigenvalue weighted by Gasteiger charge is 2.29. The number of rotatable bonds is 3. The predicted octanol–water partition coefficient (Wildman–Crippen LogP) is 2.88. The van der Waals surface area contributed by atoms with E-state index in [1.54, 1.807) is 9.58 Å². The molecule has 1 aliphatic rings. The van der Waals surface area contributed by atoms with Gasteiger partial charge in [0.1, 0.15) is 6.10 Å². The number of carbonyl (C=O) groups is 1. The number of H-pyrrole nitrogens is 1. The number of morpholine rings is 1. The minimum atomic E-state index is -0.266. The molecular weight excluding hydrogens is 380 g/mol. The highest BCUT2D eigenvalue weighted by Crippen LogP contribution is 2.26. The number of nitrogens with zero attached hydrogens (tertiary/aromatic N) is 5. The van der Waals surface area contributed by atoms with Crippen molar-refractivity contribution in [3.05, 3.63) is 65.9 Å². The third kappa shape index (κ3) is 3.35. The fourth-order valence-electron chi connectivity index (χ4n) is 3.79. The molecule has 1 aromatic carbocycles. The number of aryl methyl sites for hydroxylation is 2. The Kier molecular flexibility index (Phi) is 4.55. The Labute approximate surface area is 173 Å². The molecule has 1 aliphatic heterocycles. The first kappa shape index (κ1) is 18.5. The Morgan fingerprint density at radius 1 is 1.20 bits per heavy atom. The predicted molar refractivity (Wildman–Crippen MR) is 112 cm³/mol. The van der Waals surface area contributed by atoms with Crippen LogP contribution in [0.4, 0.5) is 0 Å². The summed E-state index contributed by atoms with van der Waals surface area (Å²) < 4.78 is 7.68. The smallest absolute Gasteiger partial charge is 0.275 e. The number of benzene rings is 1. The van der Waals surface area contributed by atoms with Gasteiger partial charge in [0.2, 0.25) is 0 Å². The molecule has 1 atom stereocenters. The molecule has 1 N–H and O–H groups in total. The van der Waals surface area contributed by atoms with Gasteiger partial charge in [-0.05, 0) is 25.1 Å². The van der Waals surface area contributed by atoms with Gasteiger partial charge in [0, 0.05) is 42.5 Å². The van der Waals surface area contributed by atoms with E-state index in [1.165, 1.54) is 0 Å². The van der Waals surface area contributed by atoms with Crippen molar-refractivity contribution in [1.29, 1.82) is 0 Å². The van der Waals surface area contributed by atoms with Crippen LogP contribution < -0.4 is 0 Å². The lowest BCUT2D eigenvalue weighted by molar-refractivity contribution is -0.0248. The molecule has 8 nitrogen and oxygen atoms in total. The van der Waals surface area contributed by atoms with Crippen LogP contribution in [0.2, 0.25) is 0 Å². The average molecular weight is 402 g/mol. The van der Waals surface area contributed by atoms with E-state index in [0.717, 1.165) is 33.3 Å². The van der Waals surface area contributed by atoms with Crippen LogP contribution >= 0.6 is 0 Å². The average Bonchev–Trinajstić information content (AvgIpc) is 3.39. The zero-order valence-electron chi connectivity index (χ0n) is 16.9. The minimum absolute atomic E-state index is 0.0906. The molecule has 0 saturated carbocycles. The van der Waals surface area contributed by atoms with Crippen LogP contribution in [-0.4, -0.2) is 55.5 Å². The molecule has 4 heterocycles. The molecule has 5 rings (SSSR count). The zero-order valence-corrected chi connectivity index (χ0v) is 16.9. The van der Waals surface area contributed by atoms with Crippen molar-refractivity contribution in [3.63, 3.8) is 0 Å². The van der Waals surface area contributed by atoms with Gasteiger partial charge in [-0.2, -0.15) is 10.2 Å². The summed E-state index contributed by atoms with van der Waals surface area (Å²) >= 11 is 0. The highest BCUT2D eigenvalue weighted by atomic mass is 16.5. The SMILES string of the molecule is Cc1ccc2[nH]nc(C(=O)N3CCO[C@@H](c4ccc(-c5cnn(C)c5)cn4)C3)c2c1. The van der Waals surface area contributed by atoms with Gasteiger partial charge < -0.3 is 9.64 Å². The molecule has 0 bridgehead atoms. The summed E-state index contributed by atoms with van der Waals surface area (Å²) in [5, 5.41) is 12.3. The van der Waals surface area contributed by atoms with Gasteiger partial charge >= 0.3 is 0 Å². The van der Waals surface area contributed by atoms with Crippen LogP contribution in [0.15, 0.2) is 48.9 Å². The third-order valence-corrected chi connectivity index (χ3v) is 5.43. The molecule has 0 radical (unpaired) electrons. The van der Waals surface area contributed by atoms with Crippen LogP contribution in [0.3, 0.4) is 0 Å². The molecule has 1 saturated heterocycles. The van der Waals surface area contributed by atoms with E-state index in [1.807, 2.05) is 62.9 Å². The van der Waals surface area contributed by atoms with E-state index < -0.39 is 0 Å². The summed E-state index contributed by atoms with van der Waals surface area (Å²) in [4.78, 5) is 19.5. The zero-order chi connectivity index (χ0) is 20.7. The number of hydrogen-bond acceptors (Lipinski definition) is 5. The fourth-order valence-corrected chi connectivity index (χ4v) is 3.79. The lowest BCUT2D eigenvalue weighted by Gasteiger charge is -2.32. The van der Waals surface area contributed by atoms with Crippen LogP contribution in [0.5, 0.6) is 0 Å². The number of nitrogens with one attached hydrogen (secondary N) is 1. The van der Waals surface area contributed by atoms with Gasteiger partial charge in [-0.1, -0.05) is 17.7 Å². The summed E-state index contributed by atoms with van der Waals surface area (Å²) in [6.07, 6.45) is 5.31. The van der Waals surface area contributed by atoms with Gasteiger partial charge in [0.25, 0.3) is 5.91 Å². The number of aromatic amines is 1.